The summed E-state index contributed by atoms with van der Waals surface area (Å²) in [5, 5.41) is 7.27. The number of rotatable bonds is 8. The molecule has 0 fully saturated rings. The lowest BCUT2D eigenvalue weighted by atomic mass is 10.2. The summed E-state index contributed by atoms with van der Waals surface area (Å²) in [6.07, 6.45) is 2.68. The van der Waals surface area contributed by atoms with E-state index in [1.54, 1.807) is 6.20 Å². The van der Waals surface area contributed by atoms with Crippen LogP contribution in [0.5, 0.6) is 0 Å². The predicted molar refractivity (Wildman–Crippen MR) is 108 cm³/mol. The Bertz CT molecular complexity index is 856. The number of carbonyl (C=O) groups is 1. The van der Waals surface area contributed by atoms with Gasteiger partial charge in [-0.05, 0) is 62.8 Å². The molecule has 0 aliphatic rings. The largest absolute Gasteiger partial charge is 0.352 e. The number of amides is 1. The van der Waals surface area contributed by atoms with E-state index >= 15 is 0 Å². The predicted octanol–water partition coefficient (Wildman–Crippen LogP) is 3.43. The van der Waals surface area contributed by atoms with Gasteiger partial charge in [0.1, 0.15) is 0 Å². The fraction of sp³-hybridized carbons (Fsp3) is 0.273. The van der Waals surface area contributed by atoms with Gasteiger partial charge >= 0.3 is 0 Å². The Kier molecular flexibility index (Phi) is 6.39. The van der Waals surface area contributed by atoms with Crippen LogP contribution in [0.2, 0.25) is 0 Å². The topological polar surface area (TPSA) is 50.2 Å². The molecule has 5 heteroatoms. The zero-order chi connectivity index (χ0) is 19.1. The summed E-state index contributed by atoms with van der Waals surface area (Å²) in [5.74, 6) is -0.0375. The summed E-state index contributed by atoms with van der Waals surface area (Å²) in [4.78, 5) is 14.6. The molecule has 0 aliphatic heterocycles. The highest BCUT2D eigenvalue weighted by molar-refractivity contribution is 5.94. The second-order valence-corrected chi connectivity index (χ2v) is 6.76. The first-order chi connectivity index (χ1) is 13.1. The maximum absolute atomic E-state index is 12.3. The van der Waals surface area contributed by atoms with Crippen LogP contribution in [0.15, 0.2) is 66.9 Å². The van der Waals surface area contributed by atoms with E-state index in [2.05, 4.69) is 46.6 Å². The Balaban J connectivity index is 1.42. The van der Waals surface area contributed by atoms with Crippen LogP contribution in [-0.4, -0.2) is 40.7 Å². The third kappa shape index (κ3) is 5.28. The zero-order valence-electron chi connectivity index (χ0n) is 15.9. The molecule has 0 aliphatic carbocycles. The van der Waals surface area contributed by atoms with Crippen molar-refractivity contribution in [2.45, 2.75) is 19.9 Å². The van der Waals surface area contributed by atoms with E-state index in [1.165, 1.54) is 5.56 Å². The fourth-order valence-corrected chi connectivity index (χ4v) is 3.02. The van der Waals surface area contributed by atoms with Gasteiger partial charge in [0, 0.05) is 30.5 Å². The van der Waals surface area contributed by atoms with Crippen molar-refractivity contribution in [2.24, 2.45) is 0 Å². The Hall–Kier alpha value is -2.92. The van der Waals surface area contributed by atoms with Gasteiger partial charge in [0.25, 0.3) is 5.91 Å². The molecule has 0 unspecified atom stereocenters. The maximum atomic E-state index is 12.3. The van der Waals surface area contributed by atoms with Gasteiger partial charge < -0.3 is 10.2 Å². The van der Waals surface area contributed by atoms with E-state index in [0.717, 1.165) is 30.9 Å². The second-order valence-electron chi connectivity index (χ2n) is 6.76. The molecular formula is C22H26N4O. The quantitative estimate of drug-likeness (QED) is 0.625. The average molecular weight is 362 g/mol. The molecule has 0 bridgehead atoms. The summed E-state index contributed by atoms with van der Waals surface area (Å²) in [6.45, 7) is 4.52. The summed E-state index contributed by atoms with van der Waals surface area (Å²) < 4.78 is 1.85. The molecule has 2 aromatic carbocycles. The van der Waals surface area contributed by atoms with Crippen molar-refractivity contribution >= 4 is 5.91 Å². The Morgan fingerprint density at radius 3 is 2.48 bits per heavy atom. The van der Waals surface area contributed by atoms with Crippen molar-refractivity contribution < 1.29 is 4.79 Å². The van der Waals surface area contributed by atoms with Crippen LogP contribution in [0.1, 0.15) is 28.0 Å². The normalized spacial score (nSPS) is 10.9. The first-order valence-electron chi connectivity index (χ1n) is 9.25. The monoisotopic (exact) mass is 362 g/mol. The number of aromatic nitrogens is 2. The van der Waals surface area contributed by atoms with Crippen molar-refractivity contribution in [1.82, 2.24) is 20.0 Å². The smallest absolute Gasteiger partial charge is 0.251 e. The van der Waals surface area contributed by atoms with Gasteiger partial charge in [-0.3, -0.25) is 4.79 Å². The van der Waals surface area contributed by atoms with Crippen LogP contribution in [0.3, 0.4) is 0 Å². The van der Waals surface area contributed by atoms with E-state index in [4.69, 9.17) is 0 Å². The summed E-state index contributed by atoms with van der Waals surface area (Å²) >= 11 is 0. The Labute approximate surface area is 160 Å². The average Bonchev–Trinajstić information content (AvgIpc) is 3.12. The van der Waals surface area contributed by atoms with Crippen LogP contribution >= 0.6 is 0 Å². The summed E-state index contributed by atoms with van der Waals surface area (Å²) in [7, 11) is 2.10. The molecular weight excluding hydrogens is 336 g/mol. The lowest BCUT2D eigenvalue weighted by molar-refractivity contribution is 0.0952. The van der Waals surface area contributed by atoms with Crippen LogP contribution in [0.4, 0.5) is 0 Å². The van der Waals surface area contributed by atoms with Crippen LogP contribution in [0, 0.1) is 6.92 Å². The number of carbonyl (C=O) groups excluding carboxylic acids is 1. The molecule has 0 spiro atoms. The Morgan fingerprint density at radius 2 is 1.81 bits per heavy atom. The molecule has 1 aromatic heterocycles. The molecule has 1 heterocycles. The summed E-state index contributed by atoms with van der Waals surface area (Å²) in [5.41, 5.74) is 3.99. The third-order valence-corrected chi connectivity index (χ3v) is 4.50. The number of nitrogens with zero attached hydrogens (tertiary/aromatic N) is 3. The van der Waals surface area contributed by atoms with Gasteiger partial charge in [0.05, 0.1) is 5.69 Å². The SMILES string of the molecule is Cc1ccnn1-c1ccc(C(=O)NCCCN(C)Cc2ccccc2)cc1. The molecule has 3 rings (SSSR count). The lowest BCUT2D eigenvalue weighted by Gasteiger charge is -2.16. The van der Waals surface area contributed by atoms with E-state index in [9.17, 15) is 4.79 Å². The van der Waals surface area contributed by atoms with Crippen LogP contribution < -0.4 is 5.32 Å². The lowest BCUT2D eigenvalue weighted by Crippen LogP contribution is -2.28. The molecule has 0 atom stereocenters. The van der Waals surface area contributed by atoms with Crippen molar-refractivity contribution in [3.8, 4) is 5.69 Å². The number of hydrogen-bond acceptors (Lipinski definition) is 3. The highest BCUT2D eigenvalue weighted by Gasteiger charge is 2.07. The number of hydrogen-bond donors (Lipinski definition) is 1. The van der Waals surface area contributed by atoms with Gasteiger partial charge in [-0.25, -0.2) is 4.68 Å². The minimum absolute atomic E-state index is 0.0375. The standard InChI is InChI=1S/C22H26N4O/c1-18-13-15-24-26(18)21-11-9-20(10-12-21)22(27)23-14-6-16-25(2)17-19-7-4-3-5-8-19/h3-5,7-13,15H,6,14,16-17H2,1-2H3,(H,23,27). The third-order valence-electron chi connectivity index (χ3n) is 4.50. The molecule has 0 radical (unpaired) electrons. The van der Waals surface area contributed by atoms with E-state index in [-0.39, 0.29) is 5.91 Å². The molecule has 1 N–H and O–H groups in total. The minimum atomic E-state index is -0.0375. The van der Waals surface area contributed by atoms with Crippen LogP contribution in [0.25, 0.3) is 5.69 Å². The van der Waals surface area contributed by atoms with E-state index in [1.807, 2.05) is 48.0 Å². The number of aryl methyl sites for hydroxylation is 1. The van der Waals surface area contributed by atoms with Crippen LogP contribution in [-0.2, 0) is 6.54 Å². The van der Waals surface area contributed by atoms with Crippen molar-refractivity contribution in [3.05, 3.63) is 83.7 Å². The van der Waals surface area contributed by atoms with Gasteiger partial charge in [0.2, 0.25) is 0 Å². The first kappa shape index (κ1) is 18.9. The van der Waals surface area contributed by atoms with E-state index < -0.39 is 0 Å². The molecule has 140 valence electrons. The zero-order valence-corrected chi connectivity index (χ0v) is 15.9. The molecule has 0 saturated carbocycles. The van der Waals surface area contributed by atoms with Gasteiger partial charge in [0.15, 0.2) is 0 Å². The molecule has 5 nitrogen and oxygen atoms in total. The van der Waals surface area contributed by atoms with Gasteiger partial charge in [-0.2, -0.15) is 5.10 Å². The van der Waals surface area contributed by atoms with Crippen molar-refractivity contribution in [2.75, 3.05) is 20.1 Å². The molecule has 0 saturated heterocycles. The highest BCUT2D eigenvalue weighted by Crippen LogP contribution is 2.11. The minimum Gasteiger partial charge on any atom is -0.352 e. The van der Waals surface area contributed by atoms with E-state index in [0.29, 0.717) is 12.1 Å². The van der Waals surface area contributed by atoms with Crippen molar-refractivity contribution in [1.29, 1.82) is 0 Å². The van der Waals surface area contributed by atoms with Gasteiger partial charge in [-0.1, -0.05) is 30.3 Å². The molecule has 1 amide bonds. The molecule has 27 heavy (non-hydrogen) atoms. The maximum Gasteiger partial charge on any atom is 0.251 e. The fourth-order valence-electron chi connectivity index (χ4n) is 3.02. The van der Waals surface area contributed by atoms with Crippen molar-refractivity contribution in [3.63, 3.8) is 0 Å². The summed E-state index contributed by atoms with van der Waals surface area (Å²) in [6, 6.07) is 19.9. The number of benzene rings is 2. The highest BCUT2D eigenvalue weighted by atomic mass is 16.1. The van der Waals surface area contributed by atoms with Gasteiger partial charge in [-0.15, -0.1) is 0 Å². The second kappa shape index (κ2) is 9.14. The first-order valence-corrected chi connectivity index (χ1v) is 9.25. The number of nitrogens with one attached hydrogen (secondary N) is 1. The Morgan fingerprint density at radius 1 is 1.07 bits per heavy atom. The molecule has 3 aromatic rings.